The second-order valence-corrected chi connectivity index (χ2v) is 4.05. The van der Waals surface area contributed by atoms with E-state index in [-0.39, 0.29) is 0 Å². The van der Waals surface area contributed by atoms with Gasteiger partial charge in [0.1, 0.15) is 11.6 Å². The van der Waals surface area contributed by atoms with E-state index in [4.69, 9.17) is 4.74 Å². The molecule has 0 radical (unpaired) electrons. The zero-order valence-corrected chi connectivity index (χ0v) is 10.5. The second kappa shape index (κ2) is 6.24. The molecule has 5 heteroatoms. The summed E-state index contributed by atoms with van der Waals surface area (Å²) in [6.07, 6.45) is 1.64. The molecule has 19 heavy (non-hydrogen) atoms. The number of rotatable bonds is 5. The van der Waals surface area contributed by atoms with E-state index in [1.54, 1.807) is 19.4 Å². The van der Waals surface area contributed by atoms with Gasteiger partial charge in [-0.1, -0.05) is 6.07 Å². The molecule has 0 saturated carbocycles. The average molecular weight is 264 g/mol. The molecule has 0 atom stereocenters. The van der Waals surface area contributed by atoms with Crippen LogP contribution in [0.1, 0.15) is 11.1 Å². The quantitative estimate of drug-likeness (QED) is 0.901. The molecular formula is C14H14F2N2O. The standard InChI is InChI=1S/C14H14F2N2O/c1-19-14-11(3-2-4-18-14)9-17-8-10-5-12(15)7-13(16)6-10/h2-7,17H,8-9H2,1H3. The van der Waals surface area contributed by atoms with Crippen molar-refractivity contribution in [3.05, 3.63) is 59.3 Å². The van der Waals surface area contributed by atoms with Crippen LogP contribution in [-0.4, -0.2) is 12.1 Å². The Labute approximate surface area is 110 Å². The molecule has 100 valence electrons. The first-order valence-electron chi connectivity index (χ1n) is 5.82. The lowest BCUT2D eigenvalue weighted by Crippen LogP contribution is -2.14. The van der Waals surface area contributed by atoms with Crippen LogP contribution in [0.15, 0.2) is 36.5 Å². The molecule has 1 heterocycles. The van der Waals surface area contributed by atoms with E-state index in [9.17, 15) is 8.78 Å². The minimum Gasteiger partial charge on any atom is -0.481 e. The molecular weight excluding hydrogens is 250 g/mol. The van der Waals surface area contributed by atoms with Crippen LogP contribution in [-0.2, 0) is 13.1 Å². The fourth-order valence-electron chi connectivity index (χ4n) is 1.80. The lowest BCUT2D eigenvalue weighted by molar-refractivity contribution is 0.390. The van der Waals surface area contributed by atoms with Crippen molar-refractivity contribution in [1.29, 1.82) is 0 Å². The van der Waals surface area contributed by atoms with Crippen LogP contribution in [0.3, 0.4) is 0 Å². The Hall–Kier alpha value is -2.01. The van der Waals surface area contributed by atoms with Gasteiger partial charge in [0.2, 0.25) is 5.88 Å². The molecule has 3 nitrogen and oxygen atoms in total. The molecule has 0 fully saturated rings. The van der Waals surface area contributed by atoms with Gasteiger partial charge in [-0.3, -0.25) is 0 Å². The third-order valence-electron chi connectivity index (χ3n) is 2.61. The average Bonchev–Trinajstić information content (AvgIpc) is 2.38. The molecule has 0 aliphatic heterocycles. The molecule has 0 aliphatic carbocycles. The summed E-state index contributed by atoms with van der Waals surface area (Å²) in [6.45, 7) is 0.877. The van der Waals surface area contributed by atoms with Crippen molar-refractivity contribution in [2.75, 3.05) is 7.11 Å². The molecule has 0 unspecified atom stereocenters. The van der Waals surface area contributed by atoms with Crippen LogP contribution in [0.4, 0.5) is 8.78 Å². The molecule has 2 aromatic rings. The highest BCUT2D eigenvalue weighted by molar-refractivity contribution is 5.25. The van der Waals surface area contributed by atoms with Crippen molar-refractivity contribution in [3.8, 4) is 5.88 Å². The van der Waals surface area contributed by atoms with Crippen LogP contribution in [0.2, 0.25) is 0 Å². The summed E-state index contributed by atoms with van der Waals surface area (Å²) in [6, 6.07) is 7.15. The molecule has 1 aromatic heterocycles. The largest absolute Gasteiger partial charge is 0.481 e. The first kappa shape index (κ1) is 13.4. The highest BCUT2D eigenvalue weighted by Crippen LogP contribution is 2.13. The van der Waals surface area contributed by atoms with E-state index >= 15 is 0 Å². The molecule has 1 aromatic carbocycles. The van der Waals surface area contributed by atoms with Gasteiger partial charge in [-0.2, -0.15) is 0 Å². The number of nitrogens with zero attached hydrogens (tertiary/aromatic N) is 1. The normalized spacial score (nSPS) is 10.5. The highest BCUT2D eigenvalue weighted by atomic mass is 19.1. The van der Waals surface area contributed by atoms with Gasteiger partial charge in [0.25, 0.3) is 0 Å². The highest BCUT2D eigenvalue weighted by Gasteiger charge is 2.04. The fraction of sp³-hybridized carbons (Fsp3) is 0.214. The summed E-state index contributed by atoms with van der Waals surface area (Å²) in [5.41, 5.74) is 1.45. The number of aromatic nitrogens is 1. The Morgan fingerprint density at radius 2 is 1.89 bits per heavy atom. The smallest absolute Gasteiger partial charge is 0.217 e. The molecule has 0 saturated heterocycles. The Kier molecular flexibility index (Phi) is 4.41. The van der Waals surface area contributed by atoms with E-state index in [0.29, 0.717) is 24.5 Å². The van der Waals surface area contributed by atoms with Crippen molar-refractivity contribution in [2.45, 2.75) is 13.1 Å². The zero-order valence-electron chi connectivity index (χ0n) is 10.5. The zero-order chi connectivity index (χ0) is 13.7. The van der Waals surface area contributed by atoms with Crippen LogP contribution >= 0.6 is 0 Å². The lowest BCUT2D eigenvalue weighted by Gasteiger charge is -2.08. The summed E-state index contributed by atoms with van der Waals surface area (Å²) < 4.78 is 31.1. The molecule has 0 aliphatic rings. The Balaban J connectivity index is 1.96. The minimum absolute atomic E-state index is 0.368. The van der Waals surface area contributed by atoms with E-state index in [2.05, 4.69) is 10.3 Å². The summed E-state index contributed by atoms with van der Waals surface area (Å²) in [4.78, 5) is 4.07. The maximum Gasteiger partial charge on any atom is 0.217 e. The van der Waals surface area contributed by atoms with Crippen molar-refractivity contribution in [3.63, 3.8) is 0 Å². The van der Waals surface area contributed by atoms with Crippen LogP contribution < -0.4 is 10.1 Å². The van der Waals surface area contributed by atoms with Crippen molar-refractivity contribution >= 4 is 0 Å². The molecule has 0 spiro atoms. The number of hydrogen-bond donors (Lipinski definition) is 1. The van der Waals surface area contributed by atoms with Gasteiger partial charge >= 0.3 is 0 Å². The monoisotopic (exact) mass is 264 g/mol. The van der Waals surface area contributed by atoms with Gasteiger partial charge in [0.15, 0.2) is 0 Å². The van der Waals surface area contributed by atoms with E-state index in [1.165, 1.54) is 12.1 Å². The number of hydrogen-bond acceptors (Lipinski definition) is 3. The first-order chi connectivity index (χ1) is 9.19. The molecule has 2 rings (SSSR count). The van der Waals surface area contributed by atoms with Gasteiger partial charge in [0, 0.05) is 30.9 Å². The maximum absolute atomic E-state index is 13.0. The summed E-state index contributed by atoms with van der Waals surface area (Å²) in [5.74, 6) is -0.605. The maximum atomic E-state index is 13.0. The predicted molar refractivity (Wildman–Crippen MR) is 67.7 cm³/mol. The summed E-state index contributed by atoms with van der Waals surface area (Å²) >= 11 is 0. The van der Waals surface area contributed by atoms with Crippen molar-refractivity contribution < 1.29 is 13.5 Å². The van der Waals surface area contributed by atoms with Gasteiger partial charge in [0.05, 0.1) is 7.11 Å². The Morgan fingerprint density at radius 3 is 2.58 bits per heavy atom. The number of ether oxygens (including phenoxy) is 1. The molecule has 0 amide bonds. The lowest BCUT2D eigenvalue weighted by atomic mass is 10.2. The predicted octanol–water partition coefficient (Wildman–Crippen LogP) is 2.66. The van der Waals surface area contributed by atoms with E-state index in [0.717, 1.165) is 11.6 Å². The Morgan fingerprint density at radius 1 is 1.16 bits per heavy atom. The van der Waals surface area contributed by atoms with E-state index < -0.39 is 11.6 Å². The van der Waals surface area contributed by atoms with Crippen LogP contribution in [0.25, 0.3) is 0 Å². The number of halogens is 2. The second-order valence-electron chi connectivity index (χ2n) is 4.05. The summed E-state index contributed by atoms with van der Waals surface area (Å²) in [5, 5.41) is 3.09. The number of nitrogens with one attached hydrogen (secondary N) is 1. The van der Waals surface area contributed by atoms with Crippen molar-refractivity contribution in [2.24, 2.45) is 0 Å². The van der Waals surface area contributed by atoms with Crippen LogP contribution in [0.5, 0.6) is 5.88 Å². The topological polar surface area (TPSA) is 34.1 Å². The van der Waals surface area contributed by atoms with Crippen LogP contribution in [0, 0.1) is 11.6 Å². The fourth-order valence-corrected chi connectivity index (χ4v) is 1.80. The van der Waals surface area contributed by atoms with Gasteiger partial charge in [-0.15, -0.1) is 0 Å². The van der Waals surface area contributed by atoms with Gasteiger partial charge in [-0.25, -0.2) is 13.8 Å². The number of pyridine rings is 1. The minimum atomic E-state index is -0.573. The first-order valence-corrected chi connectivity index (χ1v) is 5.82. The third-order valence-corrected chi connectivity index (χ3v) is 2.61. The Bertz CT molecular complexity index is 541. The van der Waals surface area contributed by atoms with Gasteiger partial charge in [-0.05, 0) is 23.8 Å². The van der Waals surface area contributed by atoms with Gasteiger partial charge < -0.3 is 10.1 Å². The number of benzene rings is 1. The summed E-state index contributed by atoms with van der Waals surface area (Å²) in [7, 11) is 1.55. The van der Waals surface area contributed by atoms with Crippen molar-refractivity contribution in [1.82, 2.24) is 10.3 Å². The molecule has 0 bridgehead atoms. The molecule has 1 N–H and O–H groups in total. The number of methoxy groups -OCH3 is 1. The van der Waals surface area contributed by atoms with E-state index in [1.807, 2.05) is 6.07 Å². The SMILES string of the molecule is COc1ncccc1CNCc1cc(F)cc(F)c1. The third kappa shape index (κ3) is 3.72.